The molecule has 0 aliphatic rings. The summed E-state index contributed by atoms with van der Waals surface area (Å²) in [4.78, 5) is 16.7. The fourth-order valence-corrected chi connectivity index (χ4v) is 1.59. The average molecular weight is 222 g/mol. The molecule has 1 aromatic heterocycles. The fraction of sp³-hybridized carbons (Fsp3) is 0.500. The molecule has 0 amide bonds. The lowest BCUT2D eigenvalue weighted by molar-refractivity contribution is 0.0690. The minimum atomic E-state index is -0.990. The lowest BCUT2D eigenvalue weighted by atomic mass is 10.1. The van der Waals surface area contributed by atoms with Crippen molar-refractivity contribution in [1.82, 2.24) is 4.98 Å². The van der Waals surface area contributed by atoms with E-state index in [1.165, 1.54) is 6.07 Å². The van der Waals surface area contributed by atoms with Gasteiger partial charge >= 0.3 is 5.97 Å². The summed E-state index contributed by atoms with van der Waals surface area (Å²) in [6, 6.07) is 3.76. The zero-order valence-corrected chi connectivity index (χ0v) is 9.97. The molecule has 0 aromatic carbocycles. The Kier molecular flexibility index (Phi) is 4.28. The molecule has 16 heavy (non-hydrogen) atoms. The minimum absolute atomic E-state index is 0.0836. The summed E-state index contributed by atoms with van der Waals surface area (Å²) in [7, 11) is 2.00. The Morgan fingerprint density at radius 2 is 2.25 bits per heavy atom. The fourth-order valence-electron chi connectivity index (χ4n) is 1.59. The Bertz CT molecular complexity index is 349. The normalized spacial score (nSPS) is 12.2. The van der Waals surface area contributed by atoms with Gasteiger partial charge in [0.2, 0.25) is 0 Å². The summed E-state index contributed by atoms with van der Waals surface area (Å²) in [6.45, 7) is 4.30. The molecule has 0 bridgehead atoms. The van der Waals surface area contributed by atoms with Crippen LogP contribution < -0.4 is 4.90 Å². The van der Waals surface area contributed by atoms with Crippen LogP contribution in [0.2, 0.25) is 0 Å². The van der Waals surface area contributed by atoms with Crippen LogP contribution >= 0.6 is 0 Å². The van der Waals surface area contributed by atoms with Gasteiger partial charge in [0.05, 0.1) is 11.9 Å². The van der Waals surface area contributed by atoms with E-state index in [4.69, 9.17) is 5.11 Å². The van der Waals surface area contributed by atoms with E-state index >= 15 is 0 Å². The van der Waals surface area contributed by atoms with Gasteiger partial charge in [-0.3, -0.25) is 0 Å². The monoisotopic (exact) mass is 222 g/mol. The zero-order chi connectivity index (χ0) is 12.1. The highest BCUT2D eigenvalue weighted by Gasteiger charge is 2.10. The van der Waals surface area contributed by atoms with Gasteiger partial charge in [-0.2, -0.15) is 0 Å². The van der Waals surface area contributed by atoms with E-state index in [1.807, 2.05) is 7.05 Å². The summed E-state index contributed by atoms with van der Waals surface area (Å²) >= 11 is 0. The van der Waals surface area contributed by atoms with Crippen molar-refractivity contribution in [2.24, 2.45) is 0 Å². The topological polar surface area (TPSA) is 53.4 Å². The molecule has 4 nitrogen and oxygen atoms in total. The van der Waals surface area contributed by atoms with Crippen LogP contribution in [0.4, 0.5) is 5.69 Å². The number of aromatic carboxylic acids is 1. The molecule has 0 spiro atoms. The molecule has 0 fully saturated rings. The predicted octanol–water partition coefficient (Wildman–Crippen LogP) is 2.40. The maximum atomic E-state index is 10.6. The van der Waals surface area contributed by atoms with Gasteiger partial charge in [0, 0.05) is 13.1 Å². The van der Waals surface area contributed by atoms with Crippen molar-refractivity contribution in [3.8, 4) is 0 Å². The summed E-state index contributed by atoms with van der Waals surface area (Å²) in [5.41, 5.74) is 1.03. The van der Waals surface area contributed by atoms with Crippen molar-refractivity contribution in [2.45, 2.75) is 32.7 Å². The molecule has 1 N–H and O–H groups in total. The Morgan fingerprint density at radius 3 is 2.69 bits per heavy atom. The van der Waals surface area contributed by atoms with Crippen molar-refractivity contribution < 1.29 is 9.90 Å². The second kappa shape index (κ2) is 5.49. The predicted molar refractivity (Wildman–Crippen MR) is 64.0 cm³/mol. The van der Waals surface area contributed by atoms with Crippen molar-refractivity contribution in [1.29, 1.82) is 0 Å². The molecule has 0 saturated carbocycles. The lowest BCUT2D eigenvalue weighted by Gasteiger charge is -2.26. The summed E-state index contributed by atoms with van der Waals surface area (Å²) < 4.78 is 0. The van der Waals surface area contributed by atoms with E-state index in [0.717, 1.165) is 18.5 Å². The molecule has 1 heterocycles. The van der Waals surface area contributed by atoms with Crippen LogP contribution in [0.5, 0.6) is 0 Å². The minimum Gasteiger partial charge on any atom is -0.477 e. The smallest absolute Gasteiger partial charge is 0.354 e. The first-order valence-electron chi connectivity index (χ1n) is 5.48. The molecule has 0 radical (unpaired) electrons. The van der Waals surface area contributed by atoms with Crippen LogP contribution in [-0.4, -0.2) is 29.1 Å². The molecular weight excluding hydrogens is 204 g/mol. The zero-order valence-electron chi connectivity index (χ0n) is 9.97. The van der Waals surface area contributed by atoms with Gasteiger partial charge in [-0.25, -0.2) is 9.78 Å². The molecule has 4 heteroatoms. The van der Waals surface area contributed by atoms with Gasteiger partial charge < -0.3 is 10.0 Å². The summed E-state index contributed by atoms with van der Waals surface area (Å²) in [5, 5.41) is 8.73. The molecule has 1 rings (SSSR count). The highest BCUT2D eigenvalue weighted by Crippen LogP contribution is 2.16. The second-order valence-corrected chi connectivity index (χ2v) is 3.96. The van der Waals surface area contributed by atoms with Gasteiger partial charge in [-0.1, -0.05) is 13.3 Å². The lowest BCUT2D eigenvalue weighted by Crippen LogP contribution is -2.28. The number of carboxylic acids is 1. The molecular formula is C12H18N2O2. The molecule has 1 unspecified atom stereocenters. The first kappa shape index (κ1) is 12.5. The molecule has 88 valence electrons. The van der Waals surface area contributed by atoms with Gasteiger partial charge in [0.25, 0.3) is 0 Å². The molecule has 0 aliphatic carbocycles. The van der Waals surface area contributed by atoms with Crippen LogP contribution in [0.1, 0.15) is 37.2 Å². The second-order valence-electron chi connectivity index (χ2n) is 3.96. The number of rotatable bonds is 5. The highest BCUT2D eigenvalue weighted by atomic mass is 16.4. The number of hydrogen-bond acceptors (Lipinski definition) is 3. The van der Waals surface area contributed by atoms with Crippen LogP contribution in [0.15, 0.2) is 18.3 Å². The van der Waals surface area contributed by atoms with E-state index < -0.39 is 5.97 Å². The quantitative estimate of drug-likeness (QED) is 0.831. The number of aromatic nitrogens is 1. The van der Waals surface area contributed by atoms with E-state index in [-0.39, 0.29) is 5.69 Å². The number of anilines is 1. The van der Waals surface area contributed by atoms with Crippen molar-refractivity contribution >= 4 is 11.7 Å². The van der Waals surface area contributed by atoms with Crippen LogP contribution in [0, 0.1) is 0 Å². The van der Waals surface area contributed by atoms with Gasteiger partial charge in [-0.05, 0) is 25.5 Å². The maximum Gasteiger partial charge on any atom is 0.354 e. The number of hydrogen-bond donors (Lipinski definition) is 1. The van der Waals surface area contributed by atoms with Gasteiger partial charge in [-0.15, -0.1) is 0 Å². The third-order valence-corrected chi connectivity index (χ3v) is 2.74. The van der Waals surface area contributed by atoms with Crippen LogP contribution in [0.3, 0.4) is 0 Å². The summed E-state index contributed by atoms with van der Waals surface area (Å²) in [6.07, 6.45) is 3.85. The highest BCUT2D eigenvalue weighted by molar-refractivity contribution is 5.85. The maximum absolute atomic E-state index is 10.6. The van der Waals surface area contributed by atoms with Gasteiger partial charge in [0.15, 0.2) is 0 Å². The molecule has 0 aliphatic heterocycles. The molecule has 1 aromatic rings. The number of nitrogens with zero attached hydrogens (tertiary/aromatic N) is 2. The third kappa shape index (κ3) is 2.95. The Balaban J connectivity index is 2.77. The Hall–Kier alpha value is -1.58. The number of carboxylic acid groups (broad SMARTS) is 1. The molecule has 1 atom stereocenters. The van der Waals surface area contributed by atoms with Crippen molar-refractivity contribution in [2.75, 3.05) is 11.9 Å². The molecule has 0 saturated heterocycles. The van der Waals surface area contributed by atoms with E-state index in [1.54, 1.807) is 12.3 Å². The first-order chi connectivity index (χ1) is 7.56. The van der Waals surface area contributed by atoms with Gasteiger partial charge in [0.1, 0.15) is 5.69 Å². The SMILES string of the molecule is CCCC(C)N(C)c1ccc(C(=O)O)nc1. The van der Waals surface area contributed by atoms with Crippen LogP contribution in [-0.2, 0) is 0 Å². The van der Waals surface area contributed by atoms with Crippen molar-refractivity contribution in [3.63, 3.8) is 0 Å². The Labute approximate surface area is 95.9 Å². The van der Waals surface area contributed by atoms with E-state index in [0.29, 0.717) is 6.04 Å². The van der Waals surface area contributed by atoms with Crippen molar-refractivity contribution in [3.05, 3.63) is 24.0 Å². The Morgan fingerprint density at radius 1 is 1.56 bits per heavy atom. The summed E-state index contributed by atoms with van der Waals surface area (Å²) in [5.74, 6) is -0.990. The number of carbonyl (C=O) groups is 1. The van der Waals surface area contributed by atoms with Crippen LogP contribution in [0.25, 0.3) is 0 Å². The standard InChI is InChI=1S/C12H18N2O2/c1-4-5-9(2)14(3)10-6-7-11(12(15)16)13-8-10/h6-9H,4-5H2,1-3H3,(H,15,16). The van der Waals surface area contributed by atoms with E-state index in [2.05, 4.69) is 23.7 Å². The largest absolute Gasteiger partial charge is 0.477 e. The first-order valence-corrected chi connectivity index (χ1v) is 5.48. The third-order valence-electron chi connectivity index (χ3n) is 2.74. The van der Waals surface area contributed by atoms with E-state index in [9.17, 15) is 4.79 Å². The average Bonchev–Trinajstić information content (AvgIpc) is 2.28. The number of pyridine rings is 1.